The van der Waals surface area contributed by atoms with Gasteiger partial charge in [0.15, 0.2) is 6.61 Å². The van der Waals surface area contributed by atoms with Crippen LogP contribution in [0.1, 0.15) is 6.92 Å². The van der Waals surface area contributed by atoms with Gasteiger partial charge in [0.1, 0.15) is 11.5 Å². The van der Waals surface area contributed by atoms with E-state index in [4.69, 9.17) is 4.74 Å². The van der Waals surface area contributed by atoms with Gasteiger partial charge in [-0.25, -0.2) is 4.79 Å². The molecule has 0 aromatic rings. The quantitative estimate of drug-likeness (QED) is 0.487. The minimum atomic E-state index is 0.179. The second-order valence-corrected chi connectivity index (χ2v) is 1.68. The molecule has 4 heteroatoms. The van der Waals surface area contributed by atoms with Gasteiger partial charge in [-0.3, -0.25) is 0 Å². The molecule has 0 saturated carbocycles. The van der Waals surface area contributed by atoms with E-state index in [-0.39, 0.29) is 12.5 Å². The minimum absolute atomic E-state index is 0.179. The lowest BCUT2D eigenvalue weighted by molar-refractivity contribution is 0.182. The van der Waals surface area contributed by atoms with Crippen LogP contribution >= 0.6 is 0 Å². The van der Waals surface area contributed by atoms with E-state index in [0.717, 1.165) is 0 Å². The highest BCUT2D eigenvalue weighted by atomic mass is 16.7. The summed E-state index contributed by atoms with van der Waals surface area (Å²) < 4.78 is 4.93. The van der Waals surface area contributed by atoms with E-state index in [9.17, 15) is 4.79 Å². The summed E-state index contributed by atoms with van der Waals surface area (Å²) in [5, 5.41) is 3.47. The van der Waals surface area contributed by atoms with Gasteiger partial charge in [-0.15, -0.1) is 0 Å². The Labute approximate surface area is 58.1 Å². The molecule has 0 bridgehead atoms. The fraction of sp³-hybridized carbons (Fsp3) is 0.500. The summed E-state index contributed by atoms with van der Waals surface area (Å²) in [5.74, 6) is 1.95. The molecule has 1 aliphatic heterocycles. The smallest absolute Gasteiger partial charge is 0.268 e. The SMILES string of the molecule is CCOC1=NOCC1=C=O. The third-order valence-corrected chi connectivity index (χ3v) is 1.02. The Hall–Kier alpha value is -1.28. The summed E-state index contributed by atoms with van der Waals surface area (Å²) in [5.41, 5.74) is 0.349. The fourth-order valence-electron chi connectivity index (χ4n) is 0.596. The van der Waals surface area contributed by atoms with Gasteiger partial charge in [-0.1, -0.05) is 0 Å². The molecule has 0 fully saturated rings. The molecule has 1 rings (SSSR count). The molecular weight excluding hydrogens is 134 g/mol. The summed E-state index contributed by atoms with van der Waals surface area (Å²) in [4.78, 5) is 14.7. The predicted octanol–water partition coefficient (Wildman–Crippen LogP) is 0.125. The Morgan fingerprint density at radius 1 is 1.90 bits per heavy atom. The van der Waals surface area contributed by atoms with Crippen molar-refractivity contribution in [1.29, 1.82) is 0 Å². The van der Waals surface area contributed by atoms with Crippen LogP contribution < -0.4 is 0 Å². The Bertz CT molecular complexity index is 203. The van der Waals surface area contributed by atoms with Gasteiger partial charge >= 0.3 is 0 Å². The zero-order valence-electron chi connectivity index (χ0n) is 5.59. The summed E-state index contributed by atoms with van der Waals surface area (Å²) >= 11 is 0. The Morgan fingerprint density at radius 3 is 3.30 bits per heavy atom. The Balaban J connectivity index is 2.65. The fourth-order valence-corrected chi connectivity index (χ4v) is 0.596. The standard InChI is InChI=1S/C6H7NO3/c1-2-9-6-5(3-8)4-10-7-6/h2,4H2,1H3. The van der Waals surface area contributed by atoms with Gasteiger partial charge in [0.2, 0.25) is 0 Å². The van der Waals surface area contributed by atoms with Gasteiger partial charge in [-0.05, 0) is 12.1 Å². The molecule has 0 saturated heterocycles. The van der Waals surface area contributed by atoms with Crippen molar-refractivity contribution < 1.29 is 14.4 Å². The topological polar surface area (TPSA) is 47.9 Å². The molecule has 0 amide bonds. The van der Waals surface area contributed by atoms with Crippen LogP contribution in [0.15, 0.2) is 10.7 Å². The highest BCUT2D eigenvalue weighted by Gasteiger charge is 2.17. The molecule has 0 aromatic carbocycles. The summed E-state index contributed by atoms with van der Waals surface area (Å²) in [6, 6.07) is 0. The highest BCUT2D eigenvalue weighted by molar-refractivity contribution is 6.01. The number of rotatable bonds is 1. The predicted molar refractivity (Wildman–Crippen MR) is 34.2 cm³/mol. The van der Waals surface area contributed by atoms with E-state index in [1.54, 1.807) is 5.94 Å². The van der Waals surface area contributed by atoms with E-state index in [1.165, 1.54) is 0 Å². The molecule has 1 aliphatic rings. The van der Waals surface area contributed by atoms with Crippen LogP contribution in [-0.4, -0.2) is 25.1 Å². The molecule has 54 valence electrons. The van der Waals surface area contributed by atoms with Crippen LogP contribution in [-0.2, 0) is 14.4 Å². The number of ether oxygens (including phenoxy) is 1. The average Bonchev–Trinajstić information content (AvgIpc) is 2.36. The zero-order chi connectivity index (χ0) is 7.40. The normalized spacial score (nSPS) is 15.7. The first-order chi connectivity index (χ1) is 4.88. The van der Waals surface area contributed by atoms with Crippen molar-refractivity contribution in [1.82, 2.24) is 0 Å². The third kappa shape index (κ3) is 1.17. The molecule has 0 aromatic heterocycles. The number of hydrogen-bond acceptors (Lipinski definition) is 4. The van der Waals surface area contributed by atoms with Gasteiger partial charge in [0, 0.05) is 0 Å². The number of oxime groups is 1. The zero-order valence-corrected chi connectivity index (χ0v) is 5.59. The van der Waals surface area contributed by atoms with Crippen LogP contribution in [0.5, 0.6) is 0 Å². The molecule has 0 aliphatic carbocycles. The maximum atomic E-state index is 10.1. The first kappa shape index (κ1) is 6.83. The minimum Gasteiger partial charge on any atom is -0.475 e. The summed E-state index contributed by atoms with van der Waals surface area (Å²) in [6.07, 6.45) is 0. The van der Waals surface area contributed by atoms with Gasteiger partial charge in [0.05, 0.1) is 6.61 Å². The molecule has 4 nitrogen and oxygen atoms in total. The van der Waals surface area contributed by atoms with Crippen LogP contribution in [0.25, 0.3) is 0 Å². The largest absolute Gasteiger partial charge is 0.475 e. The first-order valence-corrected chi connectivity index (χ1v) is 2.95. The van der Waals surface area contributed by atoms with Crippen LogP contribution in [0.3, 0.4) is 0 Å². The first-order valence-electron chi connectivity index (χ1n) is 2.95. The van der Waals surface area contributed by atoms with E-state index in [0.29, 0.717) is 12.2 Å². The van der Waals surface area contributed by atoms with Crippen molar-refractivity contribution in [3.63, 3.8) is 0 Å². The summed E-state index contributed by atoms with van der Waals surface area (Å²) in [7, 11) is 0. The number of hydrogen-bond donors (Lipinski definition) is 0. The lowest BCUT2D eigenvalue weighted by Gasteiger charge is -1.95. The molecular formula is C6H7NO3. The van der Waals surface area contributed by atoms with Crippen molar-refractivity contribution in [2.45, 2.75) is 6.92 Å². The van der Waals surface area contributed by atoms with Crippen LogP contribution in [0.4, 0.5) is 0 Å². The van der Waals surface area contributed by atoms with Crippen molar-refractivity contribution in [3.05, 3.63) is 5.57 Å². The van der Waals surface area contributed by atoms with E-state index in [2.05, 4.69) is 9.99 Å². The molecule has 0 atom stereocenters. The van der Waals surface area contributed by atoms with Crippen molar-refractivity contribution in [2.75, 3.05) is 13.2 Å². The second-order valence-electron chi connectivity index (χ2n) is 1.68. The molecule has 0 spiro atoms. The van der Waals surface area contributed by atoms with Gasteiger partial charge < -0.3 is 9.57 Å². The molecule has 0 N–H and O–H groups in total. The van der Waals surface area contributed by atoms with Crippen molar-refractivity contribution in [3.8, 4) is 0 Å². The van der Waals surface area contributed by atoms with E-state index < -0.39 is 0 Å². The van der Waals surface area contributed by atoms with Crippen molar-refractivity contribution in [2.24, 2.45) is 5.16 Å². The van der Waals surface area contributed by atoms with Crippen LogP contribution in [0.2, 0.25) is 0 Å². The van der Waals surface area contributed by atoms with Crippen LogP contribution in [0, 0.1) is 0 Å². The molecule has 0 radical (unpaired) electrons. The summed E-state index contributed by atoms with van der Waals surface area (Å²) in [6.45, 7) is 2.47. The van der Waals surface area contributed by atoms with Gasteiger partial charge in [0.25, 0.3) is 5.90 Å². The Morgan fingerprint density at radius 2 is 2.70 bits per heavy atom. The number of nitrogens with zero attached hydrogens (tertiary/aromatic N) is 1. The van der Waals surface area contributed by atoms with Crippen molar-refractivity contribution >= 4 is 11.8 Å². The average molecular weight is 141 g/mol. The Kier molecular flexibility index (Phi) is 2.07. The molecule has 0 unspecified atom stereocenters. The maximum Gasteiger partial charge on any atom is 0.268 e. The van der Waals surface area contributed by atoms with Gasteiger partial charge in [-0.2, -0.15) is 0 Å². The highest BCUT2D eigenvalue weighted by Crippen LogP contribution is 2.05. The second kappa shape index (κ2) is 3.03. The third-order valence-electron chi connectivity index (χ3n) is 1.02. The molecule has 1 heterocycles. The monoisotopic (exact) mass is 141 g/mol. The van der Waals surface area contributed by atoms with E-state index in [1.807, 2.05) is 6.92 Å². The maximum absolute atomic E-state index is 10.1. The lowest BCUT2D eigenvalue weighted by atomic mass is 10.3. The molecule has 10 heavy (non-hydrogen) atoms. The van der Waals surface area contributed by atoms with E-state index >= 15 is 0 Å². The number of carbonyl (C=O) groups excluding carboxylic acids is 1. The lowest BCUT2D eigenvalue weighted by Crippen LogP contribution is -2.05.